The van der Waals surface area contributed by atoms with E-state index in [0.29, 0.717) is 11.3 Å². The summed E-state index contributed by atoms with van der Waals surface area (Å²) in [6.45, 7) is 5.78. The Morgan fingerprint density at radius 2 is 1.81 bits per heavy atom. The van der Waals surface area contributed by atoms with E-state index in [4.69, 9.17) is 4.42 Å². The molecule has 0 saturated heterocycles. The molecule has 2 nitrogen and oxygen atoms in total. The molecule has 16 heavy (non-hydrogen) atoms. The van der Waals surface area contributed by atoms with Gasteiger partial charge in [0.15, 0.2) is 5.78 Å². The van der Waals surface area contributed by atoms with Gasteiger partial charge in [0, 0.05) is 5.56 Å². The molecule has 0 fully saturated rings. The lowest BCUT2D eigenvalue weighted by atomic mass is 9.96. The van der Waals surface area contributed by atoms with E-state index >= 15 is 0 Å². The highest BCUT2D eigenvalue weighted by atomic mass is 16.3. The maximum atomic E-state index is 12.2. The fraction of sp³-hybridized carbons (Fsp3) is 0.214. The van der Waals surface area contributed by atoms with Crippen LogP contribution in [-0.4, -0.2) is 5.78 Å². The van der Waals surface area contributed by atoms with Gasteiger partial charge in [-0.1, -0.05) is 18.2 Å². The van der Waals surface area contributed by atoms with Crippen molar-refractivity contribution in [2.24, 2.45) is 0 Å². The Bertz CT molecular complexity index is 535. The zero-order chi connectivity index (χ0) is 11.7. The third-order valence-electron chi connectivity index (χ3n) is 2.95. The van der Waals surface area contributed by atoms with Crippen LogP contribution in [0.15, 0.2) is 34.9 Å². The zero-order valence-electron chi connectivity index (χ0n) is 9.70. The molecule has 2 aromatic rings. The molecule has 0 amide bonds. The number of furan rings is 1. The van der Waals surface area contributed by atoms with Crippen LogP contribution >= 0.6 is 0 Å². The van der Waals surface area contributed by atoms with E-state index in [9.17, 15) is 4.79 Å². The first-order valence-electron chi connectivity index (χ1n) is 5.26. The summed E-state index contributed by atoms with van der Waals surface area (Å²) in [7, 11) is 0. The molecule has 1 aromatic heterocycles. The van der Waals surface area contributed by atoms with Crippen molar-refractivity contribution in [3.05, 3.63) is 58.5 Å². The van der Waals surface area contributed by atoms with Gasteiger partial charge < -0.3 is 4.42 Å². The quantitative estimate of drug-likeness (QED) is 0.717. The molecule has 2 rings (SSSR count). The molecule has 0 unspecified atom stereocenters. The van der Waals surface area contributed by atoms with Crippen LogP contribution in [0.3, 0.4) is 0 Å². The van der Waals surface area contributed by atoms with Crippen LogP contribution in [0.1, 0.15) is 32.8 Å². The van der Waals surface area contributed by atoms with Gasteiger partial charge in [0.1, 0.15) is 5.76 Å². The average molecular weight is 214 g/mol. The van der Waals surface area contributed by atoms with Crippen molar-refractivity contribution < 1.29 is 9.21 Å². The van der Waals surface area contributed by atoms with E-state index in [2.05, 4.69) is 0 Å². The van der Waals surface area contributed by atoms with Crippen LogP contribution < -0.4 is 0 Å². The maximum Gasteiger partial charge on any atom is 0.196 e. The van der Waals surface area contributed by atoms with Crippen LogP contribution in [0.2, 0.25) is 0 Å². The van der Waals surface area contributed by atoms with E-state index < -0.39 is 0 Å². The number of ketones is 1. The molecular weight excluding hydrogens is 200 g/mol. The molecule has 0 spiro atoms. The number of aryl methyl sites for hydroxylation is 2. The molecule has 0 N–H and O–H groups in total. The van der Waals surface area contributed by atoms with Gasteiger partial charge in [-0.15, -0.1) is 0 Å². The predicted octanol–water partition coefficient (Wildman–Crippen LogP) is 3.44. The third-order valence-corrected chi connectivity index (χ3v) is 2.95. The maximum absolute atomic E-state index is 12.2. The molecule has 1 heterocycles. The Hall–Kier alpha value is -1.83. The summed E-state index contributed by atoms with van der Waals surface area (Å²) in [6, 6.07) is 7.50. The largest absolute Gasteiger partial charge is 0.469 e. The van der Waals surface area contributed by atoms with E-state index in [1.54, 1.807) is 19.3 Å². The molecular formula is C14H14O2. The van der Waals surface area contributed by atoms with Gasteiger partial charge in [0.05, 0.1) is 11.8 Å². The molecule has 0 aliphatic carbocycles. The normalized spacial score (nSPS) is 10.4. The second-order valence-corrected chi connectivity index (χ2v) is 3.97. The molecule has 0 aliphatic heterocycles. The highest BCUT2D eigenvalue weighted by Crippen LogP contribution is 2.19. The highest BCUT2D eigenvalue weighted by molar-refractivity contribution is 6.10. The number of rotatable bonds is 2. The van der Waals surface area contributed by atoms with Crippen molar-refractivity contribution in [3.63, 3.8) is 0 Å². The second-order valence-electron chi connectivity index (χ2n) is 3.97. The first kappa shape index (κ1) is 10.7. The number of hydrogen-bond acceptors (Lipinski definition) is 2. The molecule has 2 heteroatoms. The standard InChI is InChI=1S/C14H14O2/c1-9-5-4-6-12(10(9)2)14(15)13-7-8-16-11(13)3/h4-8H,1-3H3. The van der Waals surface area contributed by atoms with Crippen molar-refractivity contribution in [1.29, 1.82) is 0 Å². The van der Waals surface area contributed by atoms with E-state index in [1.807, 2.05) is 32.0 Å². The van der Waals surface area contributed by atoms with Crippen molar-refractivity contribution in [2.75, 3.05) is 0 Å². The number of hydrogen-bond donors (Lipinski definition) is 0. The number of benzene rings is 1. The lowest BCUT2D eigenvalue weighted by molar-refractivity contribution is 0.103. The minimum absolute atomic E-state index is 0.0347. The summed E-state index contributed by atoms with van der Waals surface area (Å²) in [5, 5.41) is 0. The Morgan fingerprint density at radius 3 is 2.44 bits per heavy atom. The Kier molecular flexibility index (Phi) is 2.65. The van der Waals surface area contributed by atoms with Gasteiger partial charge in [-0.25, -0.2) is 0 Å². The molecule has 0 atom stereocenters. The highest BCUT2D eigenvalue weighted by Gasteiger charge is 2.16. The topological polar surface area (TPSA) is 30.2 Å². The smallest absolute Gasteiger partial charge is 0.196 e. The molecule has 0 radical (unpaired) electrons. The predicted molar refractivity (Wildman–Crippen MR) is 62.8 cm³/mol. The van der Waals surface area contributed by atoms with Crippen molar-refractivity contribution in [1.82, 2.24) is 0 Å². The number of carbonyl (C=O) groups is 1. The fourth-order valence-corrected chi connectivity index (χ4v) is 1.76. The lowest BCUT2D eigenvalue weighted by Gasteiger charge is -2.06. The minimum Gasteiger partial charge on any atom is -0.469 e. The van der Waals surface area contributed by atoms with E-state index in [1.165, 1.54) is 0 Å². The van der Waals surface area contributed by atoms with Gasteiger partial charge in [-0.05, 0) is 38.0 Å². The zero-order valence-corrected chi connectivity index (χ0v) is 9.70. The van der Waals surface area contributed by atoms with Gasteiger partial charge in [0.2, 0.25) is 0 Å². The average Bonchev–Trinajstić information content (AvgIpc) is 2.68. The van der Waals surface area contributed by atoms with Crippen LogP contribution in [0.4, 0.5) is 0 Å². The molecule has 1 aromatic carbocycles. The molecule has 0 aliphatic rings. The summed E-state index contributed by atoms with van der Waals surface area (Å²) in [6.07, 6.45) is 1.55. The summed E-state index contributed by atoms with van der Waals surface area (Å²) < 4.78 is 5.16. The molecule has 0 saturated carbocycles. The third kappa shape index (κ3) is 1.67. The van der Waals surface area contributed by atoms with Crippen molar-refractivity contribution >= 4 is 5.78 Å². The van der Waals surface area contributed by atoms with Crippen molar-refractivity contribution in [2.45, 2.75) is 20.8 Å². The first-order chi connectivity index (χ1) is 7.61. The lowest BCUT2D eigenvalue weighted by Crippen LogP contribution is -2.04. The van der Waals surface area contributed by atoms with Crippen LogP contribution in [-0.2, 0) is 0 Å². The summed E-state index contributed by atoms with van der Waals surface area (Å²) in [5.74, 6) is 0.707. The summed E-state index contributed by atoms with van der Waals surface area (Å²) in [4.78, 5) is 12.2. The Balaban J connectivity index is 2.50. The van der Waals surface area contributed by atoms with Gasteiger partial charge in [0.25, 0.3) is 0 Å². The molecule has 0 bridgehead atoms. The van der Waals surface area contributed by atoms with Gasteiger partial charge >= 0.3 is 0 Å². The van der Waals surface area contributed by atoms with Crippen molar-refractivity contribution in [3.8, 4) is 0 Å². The monoisotopic (exact) mass is 214 g/mol. The summed E-state index contributed by atoms with van der Waals surface area (Å²) >= 11 is 0. The Morgan fingerprint density at radius 1 is 1.06 bits per heavy atom. The van der Waals surface area contributed by atoms with E-state index in [0.717, 1.165) is 16.7 Å². The van der Waals surface area contributed by atoms with Crippen LogP contribution in [0, 0.1) is 20.8 Å². The summed E-state index contributed by atoms with van der Waals surface area (Å²) in [5.41, 5.74) is 3.57. The van der Waals surface area contributed by atoms with Gasteiger partial charge in [-0.3, -0.25) is 4.79 Å². The van der Waals surface area contributed by atoms with Crippen LogP contribution in [0.5, 0.6) is 0 Å². The number of carbonyl (C=O) groups excluding carboxylic acids is 1. The Labute approximate surface area is 94.9 Å². The van der Waals surface area contributed by atoms with Crippen LogP contribution in [0.25, 0.3) is 0 Å². The van der Waals surface area contributed by atoms with Gasteiger partial charge in [-0.2, -0.15) is 0 Å². The first-order valence-corrected chi connectivity index (χ1v) is 5.26. The molecule has 82 valence electrons. The minimum atomic E-state index is 0.0347. The second kappa shape index (κ2) is 3.97. The fourth-order valence-electron chi connectivity index (χ4n) is 1.76. The van der Waals surface area contributed by atoms with E-state index in [-0.39, 0.29) is 5.78 Å². The SMILES string of the molecule is Cc1cccc(C(=O)c2ccoc2C)c1C.